The van der Waals surface area contributed by atoms with Gasteiger partial charge in [0.15, 0.2) is 5.69 Å². The molecule has 0 aliphatic carbocycles. The van der Waals surface area contributed by atoms with Gasteiger partial charge in [-0.3, -0.25) is 14.9 Å². The number of nitrogens with zero attached hydrogens (tertiary/aromatic N) is 4. The first kappa shape index (κ1) is 18.0. The number of benzene rings is 1. The highest BCUT2D eigenvalue weighted by atomic mass is 16.6. The lowest BCUT2D eigenvalue weighted by molar-refractivity contribution is -0.384. The van der Waals surface area contributed by atoms with Crippen molar-refractivity contribution < 1.29 is 19.2 Å². The maximum Gasteiger partial charge on any atom is 0.330 e. The van der Waals surface area contributed by atoms with Crippen LogP contribution in [0.25, 0.3) is 5.69 Å². The molecule has 1 N–H and O–H groups in total. The molecule has 10 nitrogen and oxygen atoms in total. The molecule has 0 aliphatic rings. The average Bonchev–Trinajstić information content (AvgIpc) is 2.95. The van der Waals surface area contributed by atoms with Crippen molar-refractivity contribution in [3.63, 3.8) is 0 Å². The number of hydrogen-bond donors (Lipinski definition) is 1. The summed E-state index contributed by atoms with van der Waals surface area (Å²) in [5.41, 5.74) is -0.307. The van der Waals surface area contributed by atoms with Gasteiger partial charge in [0.05, 0.1) is 23.4 Å². The van der Waals surface area contributed by atoms with Crippen molar-refractivity contribution in [2.24, 2.45) is 0 Å². The second-order valence-corrected chi connectivity index (χ2v) is 5.78. The van der Waals surface area contributed by atoms with Gasteiger partial charge in [-0.05, 0) is 32.9 Å². The summed E-state index contributed by atoms with van der Waals surface area (Å²) in [5.74, 6) is -1.18. The number of esters is 1. The van der Waals surface area contributed by atoms with Crippen LogP contribution in [0.2, 0.25) is 0 Å². The van der Waals surface area contributed by atoms with E-state index in [-0.39, 0.29) is 11.4 Å². The van der Waals surface area contributed by atoms with Crippen LogP contribution in [0.15, 0.2) is 24.3 Å². The highest BCUT2D eigenvalue weighted by Gasteiger charge is 2.32. The minimum Gasteiger partial charge on any atom is -0.467 e. The van der Waals surface area contributed by atoms with Crippen LogP contribution in [0, 0.1) is 17.0 Å². The van der Waals surface area contributed by atoms with E-state index in [2.05, 4.69) is 20.4 Å². The zero-order chi connectivity index (χ0) is 18.8. The number of rotatable bonds is 5. The molecule has 2 rings (SSSR count). The standard InChI is InChI=1S/C15H17N5O5/c1-9-12(13(21)16-15(2,3)14(22)25-4)17-18-19(9)10-5-7-11(8-6-10)20(23)24/h5-8H,1-4H3,(H,16,21). The number of amides is 1. The number of nitro groups is 1. The van der Waals surface area contributed by atoms with Gasteiger partial charge in [-0.2, -0.15) is 0 Å². The molecule has 2 aromatic rings. The van der Waals surface area contributed by atoms with Crippen LogP contribution in [0.3, 0.4) is 0 Å². The van der Waals surface area contributed by atoms with Crippen LogP contribution in [0.4, 0.5) is 5.69 Å². The van der Waals surface area contributed by atoms with E-state index in [1.54, 1.807) is 6.92 Å². The minimum absolute atomic E-state index is 0.0373. The van der Waals surface area contributed by atoms with E-state index < -0.39 is 22.3 Å². The van der Waals surface area contributed by atoms with Crippen molar-refractivity contribution in [1.82, 2.24) is 20.3 Å². The summed E-state index contributed by atoms with van der Waals surface area (Å²) in [7, 11) is 1.23. The smallest absolute Gasteiger partial charge is 0.330 e. The zero-order valence-corrected chi connectivity index (χ0v) is 14.1. The van der Waals surface area contributed by atoms with Crippen molar-refractivity contribution >= 4 is 17.6 Å². The first-order valence-electron chi connectivity index (χ1n) is 7.25. The van der Waals surface area contributed by atoms with Crippen LogP contribution in [-0.2, 0) is 9.53 Å². The Balaban J connectivity index is 2.27. The third kappa shape index (κ3) is 3.62. The topological polar surface area (TPSA) is 129 Å². The van der Waals surface area contributed by atoms with Gasteiger partial charge in [-0.15, -0.1) is 5.10 Å². The average molecular weight is 347 g/mol. The molecule has 0 atom stereocenters. The lowest BCUT2D eigenvalue weighted by atomic mass is 10.1. The van der Waals surface area contributed by atoms with E-state index >= 15 is 0 Å². The maximum atomic E-state index is 12.4. The normalized spacial score (nSPS) is 11.0. The Morgan fingerprint density at radius 3 is 2.40 bits per heavy atom. The highest BCUT2D eigenvalue weighted by Crippen LogP contribution is 2.17. The predicted molar refractivity (Wildman–Crippen MR) is 86.3 cm³/mol. The van der Waals surface area contributed by atoms with E-state index in [4.69, 9.17) is 0 Å². The molecular weight excluding hydrogens is 330 g/mol. The van der Waals surface area contributed by atoms with Gasteiger partial charge < -0.3 is 10.1 Å². The number of aromatic nitrogens is 3. The molecule has 0 fully saturated rings. The summed E-state index contributed by atoms with van der Waals surface area (Å²) in [5, 5.41) is 21.0. The molecule has 1 amide bonds. The number of nitro benzene ring substituents is 1. The Morgan fingerprint density at radius 1 is 1.28 bits per heavy atom. The summed E-state index contributed by atoms with van der Waals surface area (Å²) in [6.07, 6.45) is 0. The highest BCUT2D eigenvalue weighted by molar-refractivity contribution is 5.97. The largest absolute Gasteiger partial charge is 0.467 e. The second kappa shape index (κ2) is 6.67. The third-order valence-electron chi connectivity index (χ3n) is 3.54. The summed E-state index contributed by atoms with van der Waals surface area (Å²) in [6.45, 7) is 4.64. The lowest BCUT2D eigenvalue weighted by Crippen LogP contribution is -2.50. The van der Waals surface area contributed by atoms with E-state index in [0.29, 0.717) is 11.4 Å². The van der Waals surface area contributed by atoms with Gasteiger partial charge in [0.2, 0.25) is 0 Å². The van der Waals surface area contributed by atoms with Gasteiger partial charge in [0, 0.05) is 12.1 Å². The fourth-order valence-electron chi connectivity index (χ4n) is 2.15. The number of carbonyl (C=O) groups is 2. The summed E-state index contributed by atoms with van der Waals surface area (Å²) in [6, 6.07) is 5.66. The molecule has 0 aliphatic heterocycles. The van der Waals surface area contributed by atoms with Crippen LogP contribution >= 0.6 is 0 Å². The molecule has 1 heterocycles. The molecule has 10 heteroatoms. The first-order valence-corrected chi connectivity index (χ1v) is 7.25. The molecule has 0 bridgehead atoms. The number of nitrogens with one attached hydrogen (secondary N) is 1. The number of carbonyl (C=O) groups excluding carboxylic acids is 2. The maximum absolute atomic E-state index is 12.4. The molecule has 0 unspecified atom stereocenters. The monoisotopic (exact) mass is 347 g/mol. The first-order chi connectivity index (χ1) is 11.7. The molecule has 0 saturated carbocycles. The van der Waals surface area contributed by atoms with Crippen molar-refractivity contribution in [1.29, 1.82) is 0 Å². The van der Waals surface area contributed by atoms with Gasteiger partial charge in [0.25, 0.3) is 11.6 Å². The molecular formula is C15H17N5O5. The summed E-state index contributed by atoms with van der Waals surface area (Å²) in [4.78, 5) is 34.2. The number of methoxy groups -OCH3 is 1. The van der Waals surface area contributed by atoms with Gasteiger partial charge in [-0.1, -0.05) is 5.21 Å². The fourth-order valence-corrected chi connectivity index (χ4v) is 2.15. The second-order valence-electron chi connectivity index (χ2n) is 5.78. The van der Waals surface area contributed by atoms with Crippen molar-refractivity contribution in [3.05, 3.63) is 45.8 Å². The van der Waals surface area contributed by atoms with Crippen LogP contribution in [0.5, 0.6) is 0 Å². The van der Waals surface area contributed by atoms with Gasteiger partial charge in [-0.25, -0.2) is 9.48 Å². The van der Waals surface area contributed by atoms with Gasteiger partial charge in [0.1, 0.15) is 5.54 Å². The number of non-ortho nitro benzene ring substituents is 1. The van der Waals surface area contributed by atoms with Crippen LogP contribution < -0.4 is 5.32 Å². The third-order valence-corrected chi connectivity index (χ3v) is 3.54. The molecule has 1 aromatic heterocycles. The van der Waals surface area contributed by atoms with Crippen molar-refractivity contribution in [2.45, 2.75) is 26.3 Å². The summed E-state index contributed by atoms with van der Waals surface area (Å²) < 4.78 is 6.02. The van der Waals surface area contributed by atoms with E-state index in [1.165, 1.54) is 49.9 Å². The van der Waals surface area contributed by atoms with E-state index in [9.17, 15) is 19.7 Å². The minimum atomic E-state index is -1.23. The van der Waals surface area contributed by atoms with Crippen molar-refractivity contribution in [3.8, 4) is 5.69 Å². The summed E-state index contributed by atoms with van der Waals surface area (Å²) >= 11 is 0. The van der Waals surface area contributed by atoms with Gasteiger partial charge >= 0.3 is 5.97 Å². The molecule has 0 spiro atoms. The van der Waals surface area contributed by atoms with E-state index in [0.717, 1.165) is 0 Å². The number of hydrogen-bond acceptors (Lipinski definition) is 7. The molecule has 0 saturated heterocycles. The Labute approximate surface area is 142 Å². The Morgan fingerprint density at radius 2 is 1.88 bits per heavy atom. The van der Waals surface area contributed by atoms with Crippen molar-refractivity contribution in [2.75, 3.05) is 7.11 Å². The predicted octanol–water partition coefficient (Wildman–Crippen LogP) is 1.17. The quantitative estimate of drug-likeness (QED) is 0.488. The Bertz CT molecular complexity index is 825. The van der Waals surface area contributed by atoms with Crippen LogP contribution in [-0.4, -0.2) is 44.4 Å². The molecule has 0 radical (unpaired) electrons. The fraction of sp³-hybridized carbons (Fsp3) is 0.333. The Kier molecular flexibility index (Phi) is 4.82. The lowest BCUT2D eigenvalue weighted by Gasteiger charge is -2.22. The zero-order valence-electron chi connectivity index (χ0n) is 14.1. The Hall–Kier alpha value is -3.30. The molecule has 132 valence electrons. The van der Waals surface area contributed by atoms with E-state index in [1.807, 2.05) is 0 Å². The van der Waals surface area contributed by atoms with Crippen LogP contribution in [0.1, 0.15) is 30.0 Å². The number of ether oxygens (including phenoxy) is 1. The molecule has 25 heavy (non-hydrogen) atoms. The molecule has 1 aromatic carbocycles. The SMILES string of the molecule is COC(=O)C(C)(C)NC(=O)c1nnn(-c2ccc([N+](=O)[O-])cc2)c1C.